The van der Waals surface area contributed by atoms with E-state index in [1.165, 1.54) is 12.3 Å². The standard InChI is InChI=1S/C8H12N2O.H2/c1-8(2,3)7-9-5-4-6(11)10-7;/h4-5H,1-3H3,(H,9,10,11);1H. The third-order valence-electron chi connectivity index (χ3n) is 1.38. The number of hydrogen-bond donors (Lipinski definition) is 1. The molecule has 0 amide bonds. The van der Waals surface area contributed by atoms with E-state index in [4.69, 9.17) is 0 Å². The summed E-state index contributed by atoms with van der Waals surface area (Å²) in [5.41, 5.74) is -0.176. The SMILES string of the molecule is CC(C)(C)c1nccc(=O)[nH]1.[HH]. The zero-order chi connectivity index (χ0) is 8.48. The molecule has 0 radical (unpaired) electrons. The largest absolute Gasteiger partial charge is 0.310 e. The molecule has 62 valence electrons. The molecule has 1 heterocycles. The fourth-order valence-electron chi connectivity index (χ4n) is 0.751. The van der Waals surface area contributed by atoms with Crippen LogP contribution in [0, 0.1) is 0 Å². The maximum Gasteiger partial charge on any atom is 0.250 e. The lowest BCUT2D eigenvalue weighted by Gasteiger charge is -2.15. The first-order chi connectivity index (χ1) is 5.00. The molecule has 11 heavy (non-hydrogen) atoms. The number of aromatic amines is 1. The van der Waals surface area contributed by atoms with Crippen molar-refractivity contribution in [1.29, 1.82) is 0 Å². The summed E-state index contributed by atoms with van der Waals surface area (Å²) in [4.78, 5) is 17.6. The number of nitrogens with zero attached hydrogens (tertiary/aromatic N) is 1. The minimum Gasteiger partial charge on any atom is -0.310 e. The first-order valence-corrected chi connectivity index (χ1v) is 3.56. The van der Waals surface area contributed by atoms with Crippen molar-refractivity contribution in [3.05, 3.63) is 28.4 Å². The van der Waals surface area contributed by atoms with Gasteiger partial charge in [0.25, 0.3) is 5.56 Å². The van der Waals surface area contributed by atoms with Gasteiger partial charge in [0.1, 0.15) is 5.82 Å². The predicted molar refractivity (Wildman–Crippen MR) is 45.7 cm³/mol. The molecule has 0 unspecified atom stereocenters. The van der Waals surface area contributed by atoms with Gasteiger partial charge < -0.3 is 4.98 Å². The highest BCUT2D eigenvalue weighted by atomic mass is 16.1. The second-order valence-electron chi connectivity index (χ2n) is 3.53. The van der Waals surface area contributed by atoms with E-state index in [1.54, 1.807) is 0 Å². The van der Waals surface area contributed by atoms with Gasteiger partial charge in [-0.3, -0.25) is 4.79 Å². The lowest BCUT2D eigenvalue weighted by atomic mass is 9.96. The third kappa shape index (κ3) is 1.90. The van der Waals surface area contributed by atoms with E-state index >= 15 is 0 Å². The maximum atomic E-state index is 10.8. The Hall–Kier alpha value is -1.12. The van der Waals surface area contributed by atoms with Gasteiger partial charge in [0.2, 0.25) is 0 Å². The van der Waals surface area contributed by atoms with E-state index in [-0.39, 0.29) is 12.4 Å². The molecule has 1 rings (SSSR count). The predicted octanol–water partition coefficient (Wildman–Crippen LogP) is 1.31. The second-order valence-corrected chi connectivity index (χ2v) is 3.53. The lowest BCUT2D eigenvalue weighted by Crippen LogP contribution is -2.20. The molecule has 3 nitrogen and oxygen atoms in total. The van der Waals surface area contributed by atoms with Crippen LogP contribution in [0.4, 0.5) is 0 Å². The molecule has 0 aliphatic carbocycles. The molecular formula is C8H14N2O. The van der Waals surface area contributed by atoms with Crippen molar-refractivity contribution in [2.75, 3.05) is 0 Å². The number of hydrogen-bond acceptors (Lipinski definition) is 2. The van der Waals surface area contributed by atoms with Crippen LogP contribution in [-0.2, 0) is 5.41 Å². The summed E-state index contributed by atoms with van der Waals surface area (Å²) in [5, 5.41) is 0. The van der Waals surface area contributed by atoms with E-state index in [0.717, 1.165) is 5.82 Å². The number of aromatic nitrogens is 2. The smallest absolute Gasteiger partial charge is 0.250 e. The highest BCUT2D eigenvalue weighted by Crippen LogP contribution is 2.15. The minimum absolute atomic E-state index is 0. The first kappa shape index (κ1) is 7.98. The molecule has 1 aromatic heterocycles. The Balaban J connectivity index is 0.00000121. The molecule has 0 fully saturated rings. The molecule has 0 aliphatic rings. The van der Waals surface area contributed by atoms with Gasteiger partial charge in [-0.1, -0.05) is 20.8 Å². The van der Waals surface area contributed by atoms with E-state index in [0.29, 0.717) is 0 Å². The van der Waals surface area contributed by atoms with E-state index in [9.17, 15) is 4.79 Å². The van der Waals surface area contributed by atoms with Crippen LogP contribution in [-0.4, -0.2) is 9.97 Å². The lowest BCUT2D eigenvalue weighted by molar-refractivity contribution is 0.542. The summed E-state index contributed by atoms with van der Waals surface area (Å²) in [7, 11) is 0. The van der Waals surface area contributed by atoms with Gasteiger partial charge in [-0.15, -0.1) is 0 Å². The Morgan fingerprint density at radius 2 is 2.18 bits per heavy atom. The van der Waals surface area contributed by atoms with Crippen LogP contribution in [0.15, 0.2) is 17.1 Å². The molecule has 0 aliphatic heterocycles. The molecule has 1 aromatic rings. The molecule has 3 heteroatoms. The van der Waals surface area contributed by atoms with Crippen molar-refractivity contribution < 1.29 is 1.43 Å². The van der Waals surface area contributed by atoms with Crippen LogP contribution >= 0.6 is 0 Å². The highest BCUT2D eigenvalue weighted by molar-refractivity contribution is 5.01. The van der Waals surface area contributed by atoms with Crippen molar-refractivity contribution in [2.45, 2.75) is 26.2 Å². The summed E-state index contributed by atoms with van der Waals surface area (Å²) in [6.07, 6.45) is 1.53. The fourth-order valence-corrected chi connectivity index (χ4v) is 0.751. The molecule has 0 atom stereocenters. The Morgan fingerprint density at radius 1 is 1.55 bits per heavy atom. The highest BCUT2D eigenvalue weighted by Gasteiger charge is 2.15. The minimum atomic E-state index is -0.0927. The summed E-state index contributed by atoms with van der Waals surface area (Å²) in [6.45, 7) is 6.02. The topological polar surface area (TPSA) is 45.8 Å². The van der Waals surface area contributed by atoms with Gasteiger partial charge in [0.05, 0.1) is 0 Å². The molecule has 0 saturated carbocycles. The summed E-state index contributed by atoms with van der Waals surface area (Å²) < 4.78 is 0. The van der Waals surface area contributed by atoms with Crippen LogP contribution in [0.2, 0.25) is 0 Å². The van der Waals surface area contributed by atoms with Gasteiger partial charge in [-0.25, -0.2) is 4.98 Å². The normalized spacial score (nSPS) is 11.5. The van der Waals surface area contributed by atoms with Gasteiger partial charge >= 0.3 is 0 Å². The van der Waals surface area contributed by atoms with Crippen molar-refractivity contribution >= 4 is 0 Å². The molecular weight excluding hydrogens is 140 g/mol. The zero-order valence-electron chi connectivity index (χ0n) is 7.01. The van der Waals surface area contributed by atoms with Crippen LogP contribution in [0.5, 0.6) is 0 Å². The Morgan fingerprint density at radius 3 is 2.55 bits per heavy atom. The maximum absolute atomic E-state index is 10.8. The van der Waals surface area contributed by atoms with E-state index in [1.807, 2.05) is 20.8 Å². The summed E-state index contributed by atoms with van der Waals surface area (Å²) in [5.74, 6) is 0.727. The molecule has 0 bridgehead atoms. The van der Waals surface area contributed by atoms with Gasteiger partial charge in [0.15, 0.2) is 0 Å². The van der Waals surface area contributed by atoms with Crippen molar-refractivity contribution in [3.8, 4) is 0 Å². The van der Waals surface area contributed by atoms with Gasteiger partial charge in [0, 0.05) is 19.1 Å². The number of H-pyrrole nitrogens is 1. The Labute approximate surface area is 67.0 Å². The van der Waals surface area contributed by atoms with Crippen LogP contribution in [0.3, 0.4) is 0 Å². The quantitative estimate of drug-likeness (QED) is 0.612. The third-order valence-corrected chi connectivity index (χ3v) is 1.38. The summed E-state index contributed by atoms with van der Waals surface area (Å²) >= 11 is 0. The summed E-state index contributed by atoms with van der Waals surface area (Å²) in [6, 6.07) is 1.41. The second kappa shape index (κ2) is 2.49. The van der Waals surface area contributed by atoms with Gasteiger partial charge in [-0.05, 0) is 0 Å². The molecule has 0 saturated heterocycles. The molecule has 0 aromatic carbocycles. The Bertz CT molecular complexity index is 300. The van der Waals surface area contributed by atoms with Gasteiger partial charge in [-0.2, -0.15) is 0 Å². The average Bonchev–Trinajstić information content (AvgIpc) is 1.86. The number of rotatable bonds is 0. The zero-order valence-corrected chi connectivity index (χ0v) is 7.01. The van der Waals surface area contributed by atoms with E-state index in [2.05, 4.69) is 9.97 Å². The van der Waals surface area contributed by atoms with Crippen molar-refractivity contribution in [2.24, 2.45) is 0 Å². The van der Waals surface area contributed by atoms with Crippen molar-refractivity contribution in [3.63, 3.8) is 0 Å². The van der Waals surface area contributed by atoms with Crippen LogP contribution in [0.1, 0.15) is 28.0 Å². The molecule has 0 spiro atoms. The Kier molecular flexibility index (Phi) is 1.81. The fraction of sp³-hybridized carbons (Fsp3) is 0.500. The van der Waals surface area contributed by atoms with Crippen molar-refractivity contribution in [1.82, 2.24) is 9.97 Å². The van der Waals surface area contributed by atoms with Crippen LogP contribution < -0.4 is 5.56 Å². The van der Waals surface area contributed by atoms with Crippen LogP contribution in [0.25, 0.3) is 0 Å². The first-order valence-electron chi connectivity index (χ1n) is 3.56. The van der Waals surface area contributed by atoms with E-state index < -0.39 is 0 Å². The molecule has 1 N–H and O–H groups in total. The number of nitrogens with one attached hydrogen (secondary N) is 1. The monoisotopic (exact) mass is 154 g/mol. The average molecular weight is 154 g/mol.